The Bertz CT molecular complexity index is 538. The first kappa shape index (κ1) is 12.2. The molecule has 0 radical (unpaired) electrons. The minimum atomic E-state index is -0.459. The minimum absolute atomic E-state index is 0.166. The van der Waals surface area contributed by atoms with Crippen LogP contribution >= 0.6 is 0 Å². The highest BCUT2D eigenvalue weighted by molar-refractivity contribution is 5.89. The fourth-order valence-electron chi connectivity index (χ4n) is 1.52. The Labute approximate surface area is 104 Å². The summed E-state index contributed by atoms with van der Waals surface area (Å²) in [4.78, 5) is 10.9. The van der Waals surface area contributed by atoms with Crippen LogP contribution in [0, 0.1) is 5.82 Å². The van der Waals surface area contributed by atoms with Crippen molar-refractivity contribution in [2.45, 2.75) is 13.5 Å². The van der Waals surface area contributed by atoms with E-state index in [2.05, 4.69) is 10.6 Å². The van der Waals surface area contributed by atoms with Gasteiger partial charge in [-0.1, -0.05) is 0 Å². The molecule has 0 bridgehead atoms. The Morgan fingerprint density at radius 3 is 2.89 bits per heavy atom. The minimum Gasteiger partial charge on any atom is -0.472 e. The molecule has 0 aliphatic carbocycles. The molecule has 2 N–H and O–H groups in total. The van der Waals surface area contributed by atoms with Crippen molar-refractivity contribution in [3.8, 4) is 0 Å². The second-order valence-electron chi connectivity index (χ2n) is 3.86. The second kappa shape index (κ2) is 5.35. The van der Waals surface area contributed by atoms with Crippen molar-refractivity contribution >= 4 is 17.3 Å². The van der Waals surface area contributed by atoms with Crippen LogP contribution in [-0.2, 0) is 11.3 Å². The third kappa shape index (κ3) is 3.10. The van der Waals surface area contributed by atoms with E-state index in [-0.39, 0.29) is 11.6 Å². The van der Waals surface area contributed by atoms with Crippen LogP contribution in [0.3, 0.4) is 0 Å². The molecule has 0 saturated carbocycles. The van der Waals surface area contributed by atoms with Crippen molar-refractivity contribution in [2.24, 2.45) is 0 Å². The van der Waals surface area contributed by atoms with Gasteiger partial charge in [0.15, 0.2) is 0 Å². The van der Waals surface area contributed by atoms with Crippen LogP contribution in [0.5, 0.6) is 0 Å². The molecular weight excluding hydrogens is 235 g/mol. The lowest BCUT2D eigenvalue weighted by Crippen LogP contribution is -2.08. The van der Waals surface area contributed by atoms with Crippen LogP contribution in [0.15, 0.2) is 41.2 Å². The van der Waals surface area contributed by atoms with Crippen LogP contribution in [0.1, 0.15) is 12.5 Å². The van der Waals surface area contributed by atoms with Crippen molar-refractivity contribution < 1.29 is 13.6 Å². The maximum absolute atomic E-state index is 13.4. The molecule has 0 fully saturated rings. The first-order valence-electron chi connectivity index (χ1n) is 5.47. The molecule has 94 valence electrons. The van der Waals surface area contributed by atoms with E-state index in [0.29, 0.717) is 6.54 Å². The maximum atomic E-state index is 13.4. The molecule has 1 aromatic heterocycles. The number of carbonyl (C=O) groups is 1. The number of rotatable bonds is 4. The van der Waals surface area contributed by atoms with E-state index >= 15 is 0 Å². The van der Waals surface area contributed by atoms with E-state index in [1.165, 1.54) is 13.0 Å². The highest BCUT2D eigenvalue weighted by Gasteiger charge is 2.05. The molecule has 2 rings (SSSR count). The van der Waals surface area contributed by atoms with Gasteiger partial charge in [0, 0.05) is 24.7 Å². The Morgan fingerprint density at radius 2 is 2.22 bits per heavy atom. The van der Waals surface area contributed by atoms with Gasteiger partial charge in [0.2, 0.25) is 5.91 Å². The van der Waals surface area contributed by atoms with Crippen molar-refractivity contribution in [1.29, 1.82) is 0 Å². The number of carbonyl (C=O) groups excluding carboxylic acids is 1. The summed E-state index contributed by atoms with van der Waals surface area (Å²) < 4.78 is 18.3. The molecule has 18 heavy (non-hydrogen) atoms. The second-order valence-corrected chi connectivity index (χ2v) is 3.86. The maximum Gasteiger partial charge on any atom is 0.221 e. The van der Waals surface area contributed by atoms with Crippen LogP contribution in [0.2, 0.25) is 0 Å². The largest absolute Gasteiger partial charge is 0.472 e. The summed E-state index contributed by atoms with van der Waals surface area (Å²) >= 11 is 0. The van der Waals surface area contributed by atoms with E-state index in [1.807, 2.05) is 6.07 Å². The molecule has 0 aliphatic rings. The summed E-state index contributed by atoms with van der Waals surface area (Å²) in [6.07, 6.45) is 3.22. The first-order chi connectivity index (χ1) is 8.65. The summed E-state index contributed by atoms with van der Waals surface area (Å²) in [5.41, 5.74) is 1.88. The summed E-state index contributed by atoms with van der Waals surface area (Å²) in [6.45, 7) is 1.91. The Kier molecular flexibility index (Phi) is 3.62. The average Bonchev–Trinajstić information content (AvgIpc) is 2.82. The summed E-state index contributed by atoms with van der Waals surface area (Å²) in [5, 5.41) is 5.54. The highest BCUT2D eigenvalue weighted by Crippen LogP contribution is 2.20. The molecule has 2 aromatic rings. The van der Waals surface area contributed by atoms with E-state index in [0.717, 1.165) is 11.3 Å². The zero-order chi connectivity index (χ0) is 13.0. The van der Waals surface area contributed by atoms with Gasteiger partial charge < -0.3 is 15.1 Å². The van der Waals surface area contributed by atoms with E-state index < -0.39 is 5.82 Å². The number of halogens is 1. The predicted molar refractivity (Wildman–Crippen MR) is 66.7 cm³/mol. The van der Waals surface area contributed by atoms with Gasteiger partial charge in [0.25, 0.3) is 0 Å². The number of furan rings is 1. The molecule has 1 heterocycles. The lowest BCUT2D eigenvalue weighted by molar-refractivity contribution is -0.114. The number of anilines is 2. The first-order valence-corrected chi connectivity index (χ1v) is 5.47. The van der Waals surface area contributed by atoms with Gasteiger partial charge in [-0.2, -0.15) is 0 Å². The predicted octanol–water partition coefficient (Wildman–Crippen LogP) is 2.99. The summed E-state index contributed by atoms with van der Waals surface area (Å²) in [5.74, 6) is -0.764. The normalized spacial score (nSPS) is 10.1. The number of hydrogen-bond donors (Lipinski definition) is 2. The number of amides is 1. The molecule has 0 spiro atoms. The Morgan fingerprint density at radius 1 is 1.39 bits per heavy atom. The van der Waals surface area contributed by atoms with Crippen molar-refractivity contribution in [3.05, 3.63) is 48.2 Å². The number of benzene rings is 1. The topological polar surface area (TPSA) is 54.3 Å². The Hall–Kier alpha value is -2.30. The van der Waals surface area contributed by atoms with Gasteiger partial charge in [-0.15, -0.1) is 0 Å². The van der Waals surface area contributed by atoms with Gasteiger partial charge >= 0.3 is 0 Å². The van der Waals surface area contributed by atoms with Crippen LogP contribution in [0.4, 0.5) is 15.8 Å². The molecule has 0 atom stereocenters. The lowest BCUT2D eigenvalue weighted by Gasteiger charge is -2.08. The average molecular weight is 248 g/mol. The fraction of sp³-hybridized carbons (Fsp3) is 0.154. The monoisotopic (exact) mass is 248 g/mol. The Balaban J connectivity index is 2.06. The van der Waals surface area contributed by atoms with Crippen molar-refractivity contribution in [3.63, 3.8) is 0 Å². The van der Waals surface area contributed by atoms with E-state index in [1.54, 1.807) is 24.7 Å². The summed E-state index contributed by atoms with van der Waals surface area (Å²) in [6, 6.07) is 6.31. The molecule has 0 saturated heterocycles. The summed E-state index contributed by atoms with van der Waals surface area (Å²) in [7, 11) is 0. The van der Waals surface area contributed by atoms with E-state index in [9.17, 15) is 9.18 Å². The molecule has 1 amide bonds. The van der Waals surface area contributed by atoms with Gasteiger partial charge in [-0.3, -0.25) is 4.79 Å². The number of hydrogen-bond acceptors (Lipinski definition) is 3. The zero-order valence-electron chi connectivity index (χ0n) is 9.87. The fourth-order valence-corrected chi connectivity index (χ4v) is 1.52. The standard InChI is InChI=1S/C13H13FN2O2/c1-9(17)16-13-6-11(2-3-12(13)14)15-7-10-4-5-18-8-10/h2-6,8,15H,7H2,1H3,(H,16,17). The smallest absolute Gasteiger partial charge is 0.221 e. The van der Waals surface area contributed by atoms with Crippen molar-refractivity contribution in [1.82, 2.24) is 0 Å². The van der Waals surface area contributed by atoms with Gasteiger partial charge in [-0.05, 0) is 24.3 Å². The number of nitrogens with one attached hydrogen (secondary N) is 2. The van der Waals surface area contributed by atoms with Gasteiger partial charge in [0.1, 0.15) is 5.82 Å². The SMILES string of the molecule is CC(=O)Nc1cc(NCc2ccoc2)ccc1F. The van der Waals surface area contributed by atoms with Crippen molar-refractivity contribution in [2.75, 3.05) is 10.6 Å². The van der Waals surface area contributed by atoms with Crippen LogP contribution < -0.4 is 10.6 Å². The molecule has 1 aromatic carbocycles. The third-order valence-corrected chi connectivity index (χ3v) is 2.35. The third-order valence-electron chi connectivity index (χ3n) is 2.35. The van der Waals surface area contributed by atoms with Gasteiger partial charge in [-0.25, -0.2) is 4.39 Å². The van der Waals surface area contributed by atoms with E-state index in [4.69, 9.17) is 4.42 Å². The van der Waals surface area contributed by atoms with Crippen LogP contribution in [0.25, 0.3) is 0 Å². The molecule has 0 aliphatic heterocycles. The lowest BCUT2D eigenvalue weighted by atomic mass is 10.2. The quantitative estimate of drug-likeness (QED) is 0.874. The molecular formula is C13H13FN2O2. The molecule has 4 nitrogen and oxygen atoms in total. The van der Waals surface area contributed by atoms with Gasteiger partial charge in [0.05, 0.1) is 18.2 Å². The van der Waals surface area contributed by atoms with Crippen LogP contribution in [-0.4, -0.2) is 5.91 Å². The highest BCUT2D eigenvalue weighted by atomic mass is 19.1. The zero-order valence-corrected chi connectivity index (χ0v) is 9.87. The molecule has 5 heteroatoms. The molecule has 0 unspecified atom stereocenters.